The maximum atomic E-state index is 5.26. The first-order valence-electron chi connectivity index (χ1n) is 16.6. The van der Waals surface area contributed by atoms with Crippen molar-refractivity contribution in [3.8, 4) is 34.2 Å². The number of rotatable bonds is 3. The van der Waals surface area contributed by atoms with Crippen molar-refractivity contribution in [2.75, 3.05) is 0 Å². The Labute approximate surface area is 280 Å². The highest BCUT2D eigenvalue weighted by Gasteiger charge is 2.21. The minimum atomic E-state index is 0.655. The van der Waals surface area contributed by atoms with Gasteiger partial charge in [0.25, 0.3) is 0 Å². The van der Waals surface area contributed by atoms with Crippen molar-refractivity contribution >= 4 is 70.4 Å². The van der Waals surface area contributed by atoms with Crippen LogP contribution in [0.15, 0.2) is 158 Å². The summed E-state index contributed by atoms with van der Waals surface area (Å²) in [6.45, 7) is 0. The first kappa shape index (κ1) is 26.4. The van der Waals surface area contributed by atoms with E-state index in [0.29, 0.717) is 17.5 Å². The molecule has 8 aromatic carbocycles. The van der Waals surface area contributed by atoms with Crippen LogP contribution < -0.4 is 0 Å². The lowest BCUT2D eigenvalue weighted by atomic mass is 9.96. The van der Waals surface area contributed by atoms with Gasteiger partial charge in [-0.1, -0.05) is 133 Å². The van der Waals surface area contributed by atoms with E-state index in [2.05, 4.69) is 162 Å². The van der Waals surface area contributed by atoms with Gasteiger partial charge in [-0.3, -0.25) is 0 Å². The maximum absolute atomic E-state index is 5.26. The molecule has 3 heterocycles. The van der Waals surface area contributed by atoms with Crippen molar-refractivity contribution in [1.29, 1.82) is 0 Å². The quantitative estimate of drug-likeness (QED) is 0.145. The largest absolute Gasteiger partial charge is 0.308 e. The van der Waals surface area contributed by atoms with E-state index in [1.807, 2.05) is 0 Å². The van der Waals surface area contributed by atoms with E-state index >= 15 is 0 Å². The fourth-order valence-electron chi connectivity index (χ4n) is 7.97. The molecule has 0 N–H and O–H groups in total. The number of hydrogen-bond acceptors (Lipinski definition) is 3. The average Bonchev–Trinajstić information content (AvgIpc) is 3.51. The second-order valence-electron chi connectivity index (χ2n) is 12.8. The number of para-hydroxylation sites is 2. The highest BCUT2D eigenvalue weighted by atomic mass is 15.0. The third-order valence-electron chi connectivity index (χ3n) is 10.2. The first-order chi connectivity index (χ1) is 24.3. The second-order valence-corrected chi connectivity index (χ2v) is 12.8. The Bertz CT molecular complexity index is 3110. The molecule has 0 amide bonds. The highest BCUT2D eigenvalue weighted by Crippen LogP contribution is 2.43. The van der Waals surface area contributed by atoms with Gasteiger partial charge >= 0.3 is 0 Å². The van der Waals surface area contributed by atoms with Gasteiger partial charge in [0.05, 0.1) is 16.6 Å². The van der Waals surface area contributed by atoms with Crippen LogP contribution in [0.3, 0.4) is 0 Å². The molecule has 0 bridgehead atoms. The van der Waals surface area contributed by atoms with Gasteiger partial charge in [-0.2, -0.15) is 0 Å². The molecule has 0 saturated carbocycles. The SMILES string of the molecule is c1ccc2cc(-c3nc(-c4cccc5ccccc45)nc(-c4ccc5c6c4cccc6c4cccc6c7ccccc7n5c46)n3)ccc2c1. The van der Waals surface area contributed by atoms with Crippen molar-refractivity contribution in [2.45, 2.75) is 0 Å². The predicted molar refractivity (Wildman–Crippen MR) is 203 cm³/mol. The van der Waals surface area contributed by atoms with Crippen LogP contribution in [0.5, 0.6) is 0 Å². The molecule has 0 aliphatic carbocycles. The molecule has 4 nitrogen and oxygen atoms in total. The van der Waals surface area contributed by atoms with E-state index in [4.69, 9.17) is 15.0 Å². The molecule has 0 spiro atoms. The van der Waals surface area contributed by atoms with Gasteiger partial charge in [0.1, 0.15) is 0 Å². The number of hydrogen-bond donors (Lipinski definition) is 0. The van der Waals surface area contributed by atoms with Crippen LogP contribution in [0.1, 0.15) is 0 Å². The van der Waals surface area contributed by atoms with Gasteiger partial charge in [-0.05, 0) is 56.6 Å². The Morgan fingerprint density at radius 2 is 0.939 bits per heavy atom. The van der Waals surface area contributed by atoms with Crippen molar-refractivity contribution < 1.29 is 0 Å². The zero-order valence-corrected chi connectivity index (χ0v) is 26.3. The topological polar surface area (TPSA) is 43.1 Å². The van der Waals surface area contributed by atoms with Crippen LogP contribution in [-0.2, 0) is 0 Å². The third kappa shape index (κ3) is 3.77. The van der Waals surface area contributed by atoms with E-state index in [1.165, 1.54) is 48.9 Å². The number of nitrogens with zero attached hydrogens (tertiary/aromatic N) is 4. The molecule has 0 aliphatic heterocycles. The van der Waals surface area contributed by atoms with E-state index in [1.54, 1.807) is 0 Å². The summed E-state index contributed by atoms with van der Waals surface area (Å²) in [7, 11) is 0. The molecule has 0 saturated heterocycles. The minimum Gasteiger partial charge on any atom is -0.308 e. The van der Waals surface area contributed by atoms with Crippen molar-refractivity contribution in [2.24, 2.45) is 0 Å². The van der Waals surface area contributed by atoms with Crippen molar-refractivity contribution in [1.82, 2.24) is 19.4 Å². The van der Waals surface area contributed by atoms with Crippen LogP contribution >= 0.6 is 0 Å². The Morgan fingerprint density at radius 3 is 1.80 bits per heavy atom. The molecule has 0 fully saturated rings. The summed E-state index contributed by atoms with van der Waals surface area (Å²) in [5, 5.41) is 11.9. The van der Waals surface area contributed by atoms with E-state index in [-0.39, 0.29) is 0 Å². The summed E-state index contributed by atoms with van der Waals surface area (Å²) in [4.78, 5) is 15.6. The number of aromatic nitrogens is 4. The molecule has 0 radical (unpaired) electrons. The molecular formula is C45H26N4. The standard InChI is InChI=1S/C45H26N4/c1-2-12-29-26-30(23-22-27(29)10-1)43-46-44(37-20-7-13-28-11-3-4-14-31(28)37)48-45(47-43)38-24-25-40-41-33(16-8-17-34(38)41)36-19-9-18-35-32-15-5-6-21-39(32)49(40)42(35)36/h1-26H. The Morgan fingerprint density at radius 1 is 0.347 bits per heavy atom. The molecule has 0 unspecified atom stereocenters. The Kier molecular flexibility index (Phi) is 5.35. The highest BCUT2D eigenvalue weighted by molar-refractivity contribution is 6.28. The van der Waals surface area contributed by atoms with E-state index in [0.717, 1.165) is 38.2 Å². The van der Waals surface area contributed by atoms with E-state index in [9.17, 15) is 0 Å². The lowest BCUT2D eigenvalue weighted by Gasteiger charge is -2.16. The molecule has 11 rings (SSSR count). The maximum Gasteiger partial charge on any atom is 0.164 e. The Balaban J connectivity index is 1.24. The summed E-state index contributed by atoms with van der Waals surface area (Å²) in [6.07, 6.45) is 0. The van der Waals surface area contributed by atoms with Crippen LogP contribution in [0.25, 0.3) is 105 Å². The fourth-order valence-corrected chi connectivity index (χ4v) is 7.97. The second kappa shape index (κ2) is 9.93. The average molecular weight is 623 g/mol. The number of benzene rings is 8. The minimum absolute atomic E-state index is 0.655. The van der Waals surface area contributed by atoms with Crippen molar-refractivity contribution in [3.63, 3.8) is 0 Å². The summed E-state index contributed by atoms with van der Waals surface area (Å²) in [5.74, 6) is 1.97. The molecule has 4 heteroatoms. The summed E-state index contributed by atoms with van der Waals surface area (Å²) < 4.78 is 2.44. The van der Waals surface area contributed by atoms with E-state index < -0.39 is 0 Å². The molecular weight excluding hydrogens is 597 g/mol. The molecule has 49 heavy (non-hydrogen) atoms. The summed E-state index contributed by atoms with van der Waals surface area (Å²) in [6, 6.07) is 56.1. The van der Waals surface area contributed by atoms with Crippen molar-refractivity contribution in [3.05, 3.63) is 158 Å². The molecule has 11 aromatic rings. The zero-order chi connectivity index (χ0) is 32.1. The molecule has 0 atom stereocenters. The lowest BCUT2D eigenvalue weighted by molar-refractivity contribution is 1.08. The summed E-state index contributed by atoms with van der Waals surface area (Å²) >= 11 is 0. The monoisotopic (exact) mass is 622 g/mol. The molecule has 3 aromatic heterocycles. The van der Waals surface area contributed by atoms with Crippen LogP contribution in [0.2, 0.25) is 0 Å². The van der Waals surface area contributed by atoms with Crippen LogP contribution in [-0.4, -0.2) is 19.4 Å². The predicted octanol–water partition coefficient (Wildman–Crippen LogP) is 11.5. The smallest absolute Gasteiger partial charge is 0.164 e. The first-order valence-corrected chi connectivity index (χ1v) is 16.6. The number of fused-ring (bicyclic) bond motifs is 7. The van der Waals surface area contributed by atoms with Gasteiger partial charge in [0.2, 0.25) is 0 Å². The fraction of sp³-hybridized carbons (Fsp3) is 0. The number of pyridine rings is 1. The third-order valence-corrected chi connectivity index (χ3v) is 10.2. The zero-order valence-electron chi connectivity index (χ0n) is 26.3. The normalized spacial score (nSPS) is 12.1. The van der Waals surface area contributed by atoms with Gasteiger partial charge in [0, 0.05) is 38.2 Å². The lowest BCUT2D eigenvalue weighted by Crippen LogP contribution is -2.01. The van der Waals surface area contributed by atoms with Gasteiger partial charge < -0.3 is 4.40 Å². The van der Waals surface area contributed by atoms with Gasteiger partial charge in [-0.15, -0.1) is 0 Å². The van der Waals surface area contributed by atoms with Gasteiger partial charge in [-0.25, -0.2) is 15.0 Å². The van der Waals surface area contributed by atoms with Crippen LogP contribution in [0.4, 0.5) is 0 Å². The Hall–Kier alpha value is -6.65. The van der Waals surface area contributed by atoms with Gasteiger partial charge in [0.15, 0.2) is 17.5 Å². The molecule has 0 aliphatic rings. The summed E-state index contributed by atoms with van der Waals surface area (Å²) in [5.41, 5.74) is 6.58. The molecule has 226 valence electrons. The van der Waals surface area contributed by atoms with Crippen LogP contribution in [0, 0.1) is 0 Å².